The second kappa shape index (κ2) is 7.18. The van der Waals surface area contributed by atoms with E-state index in [1.165, 1.54) is 7.11 Å². The predicted molar refractivity (Wildman–Crippen MR) is 95.9 cm³/mol. The number of rotatable bonds is 5. The molecule has 126 valence electrons. The summed E-state index contributed by atoms with van der Waals surface area (Å²) in [6.07, 6.45) is 0. The van der Waals surface area contributed by atoms with Crippen molar-refractivity contribution in [2.24, 2.45) is 0 Å². The quantitative estimate of drug-likeness (QED) is 0.526. The average molecular weight is 333 g/mol. The van der Waals surface area contributed by atoms with Crippen molar-refractivity contribution in [3.8, 4) is 0 Å². The summed E-state index contributed by atoms with van der Waals surface area (Å²) >= 11 is 0. The Morgan fingerprint density at radius 1 is 0.960 bits per heavy atom. The van der Waals surface area contributed by atoms with Crippen LogP contribution in [-0.2, 0) is 11.3 Å². The lowest BCUT2D eigenvalue weighted by atomic mass is 10.0. The van der Waals surface area contributed by atoms with Gasteiger partial charge in [0.2, 0.25) is 0 Å². The highest BCUT2D eigenvalue weighted by atomic mass is 16.5. The molecule has 0 amide bonds. The van der Waals surface area contributed by atoms with Gasteiger partial charge in [-0.1, -0.05) is 60.7 Å². The first-order chi connectivity index (χ1) is 12.1. The Kier molecular flexibility index (Phi) is 4.80. The van der Waals surface area contributed by atoms with Crippen molar-refractivity contribution in [2.75, 3.05) is 7.11 Å². The van der Waals surface area contributed by atoms with Crippen LogP contribution >= 0.6 is 0 Å². The summed E-state index contributed by atoms with van der Waals surface area (Å²) in [4.78, 5) is 25.0. The molecular formula is C21H19NO3. The van der Waals surface area contributed by atoms with Crippen LogP contribution in [0.25, 0.3) is 0 Å². The fourth-order valence-corrected chi connectivity index (χ4v) is 2.86. The van der Waals surface area contributed by atoms with Crippen LogP contribution in [0.4, 0.5) is 0 Å². The molecule has 2 aromatic carbocycles. The first-order valence-corrected chi connectivity index (χ1v) is 8.04. The minimum Gasteiger partial charge on any atom is -0.464 e. The third-order valence-corrected chi connectivity index (χ3v) is 4.23. The molecule has 4 nitrogen and oxygen atoms in total. The molecule has 0 radical (unpaired) electrons. The van der Waals surface area contributed by atoms with E-state index in [2.05, 4.69) is 0 Å². The van der Waals surface area contributed by atoms with E-state index in [4.69, 9.17) is 4.74 Å². The second-order valence-electron chi connectivity index (χ2n) is 5.79. The number of aromatic nitrogens is 1. The summed E-state index contributed by atoms with van der Waals surface area (Å²) in [5, 5.41) is 0. The minimum absolute atomic E-state index is 0.102. The maximum atomic E-state index is 12.8. The molecule has 0 saturated heterocycles. The van der Waals surface area contributed by atoms with Gasteiger partial charge >= 0.3 is 5.97 Å². The highest BCUT2D eigenvalue weighted by Gasteiger charge is 2.22. The molecule has 0 atom stereocenters. The Balaban J connectivity index is 2.06. The summed E-state index contributed by atoms with van der Waals surface area (Å²) in [7, 11) is 1.34. The van der Waals surface area contributed by atoms with Crippen molar-refractivity contribution >= 4 is 11.8 Å². The first-order valence-electron chi connectivity index (χ1n) is 8.04. The molecular weight excluding hydrogens is 314 g/mol. The van der Waals surface area contributed by atoms with Crippen molar-refractivity contribution in [1.29, 1.82) is 0 Å². The number of nitrogens with zero attached hydrogens (tertiary/aromatic N) is 1. The third kappa shape index (κ3) is 3.38. The number of carbonyl (C=O) groups is 2. The van der Waals surface area contributed by atoms with Gasteiger partial charge in [0.15, 0.2) is 5.78 Å². The number of carbonyl (C=O) groups excluding carboxylic acids is 2. The topological polar surface area (TPSA) is 48.3 Å². The summed E-state index contributed by atoms with van der Waals surface area (Å²) in [5.41, 5.74) is 3.28. The van der Waals surface area contributed by atoms with Gasteiger partial charge in [0.25, 0.3) is 0 Å². The summed E-state index contributed by atoms with van der Waals surface area (Å²) in [5.74, 6) is -0.554. The molecule has 1 heterocycles. The number of benzene rings is 2. The molecule has 3 aromatic rings. The van der Waals surface area contributed by atoms with Crippen LogP contribution in [0.2, 0.25) is 0 Å². The van der Waals surface area contributed by atoms with Crippen molar-refractivity contribution < 1.29 is 14.3 Å². The zero-order valence-electron chi connectivity index (χ0n) is 14.2. The van der Waals surface area contributed by atoms with Crippen molar-refractivity contribution in [3.63, 3.8) is 0 Å². The standard InChI is InChI=1S/C21H19NO3/c1-15-18(20(23)17-11-7-4-8-12-17)13-19(21(24)25-2)22(15)14-16-9-5-3-6-10-16/h3-13H,14H2,1-2H3. The summed E-state index contributed by atoms with van der Waals surface area (Å²) in [6.45, 7) is 2.35. The monoisotopic (exact) mass is 333 g/mol. The zero-order valence-corrected chi connectivity index (χ0v) is 14.2. The number of methoxy groups -OCH3 is 1. The Labute approximate surface area is 146 Å². The van der Waals surface area contributed by atoms with Gasteiger partial charge in [0.05, 0.1) is 7.11 Å². The largest absolute Gasteiger partial charge is 0.464 e. The lowest BCUT2D eigenvalue weighted by Crippen LogP contribution is -2.12. The molecule has 0 saturated carbocycles. The fraction of sp³-hybridized carbons (Fsp3) is 0.143. The second-order valence-corrected chi connectivity index (χ2v) is 5.79. The molecule has 0 spiro atoms. The van der Waals surface area contributed by atoms with Crippen LogP contribution in [-0.4, -0.2) is 23.4 Å². The fourth-order valence-electron chi connectivity index (χ4n) is 2.86. The molecule has 0 bridgehead atoms. The van der Waals surface area contributed by atoms with E-state index in [1.54, 1.807) is 18.2 Å². The molecule has 0 aliphatic carbocycles. The van der Waals surface area contributed by atoms with Gasteiger partial charge < -0.3 is 9.30 Å². The smallest absolute Gasteiger partial charge is 0.354 e. The van der Waals surface area contributed by atoms with E-state index in [0.717, 1.165) is 11.3 Å². The summed E-state index contributed by atoms with van der Waals surface area (Å²) < 4.78 is 6.73. The van der Waals surface area contributed by atoms with Crippen LogP contribution in [0.3, 0.4) is 0 Å². The molecule has 0 unspecified atom stereocenters. The van der Waals surface area contributed by atoms with Crippen LogP contribution < -0.4 is 0 Å². The molecule has 3 rings (SSSR count). The van der Waals surface area contributed by atoms with Crippen LogP contribution in [0, 0.1) is 6.92 Å². The Morgan fingerprint density at radius 3 is 2.16 bits per heavy atom. The van der Waals surface area contributed by atoms with Gasteiger partial charge in [0.1, 0.15) is 5.69 Å². The molecule has 1 aromatic heterocycles. The average Bonchev–Trinajstić information content (AvgIpc) is 2.98. The van der Waals surface area contributed by atoms with E-state index in [1.807, 2.05) is 60.0 Å². The van der Waals surface area contributed by atoms with E-state index in [9.17, 15) is 9.59 Å². The van der Waals surface area contributed by atoms with Gasteiger partial charge in [-0.05, 0) is 18.6 Å². The Hall–Kier alpha value is -3.14. The first kappa shape index (κ1) is 16.7. The van der Waals surface area contributed by atoms with Crippen LogP contribution in [0.5, 0.6) is 0 Å². The number of ketones is 1. The SMILES string of the molecule is COC(=O)c1cc(C(=O)c2ccccc2)c(C)n1Cc1ccccc1. The van der Waals surface area contributed by atoms with Gasteiger partial charge in [-0.15, -0.1) is 0 Å². The maximum absolute atomic E-state index is 12.8. The van der Waals surface area contributed by atoms with Gasteiger partial charge in [0, 0.05) is 23.4 Å². The van der Waals surface area contributed by atoms with E-state index >= 15 is 0 Å². The Morgan fingerprint density at radius 2 is 1.56 bits per heavy atom. The zero-order chi connectivity index (χ0) is 17.8. The third-order valence-electron chi connectivity index (χ3n) is 4.23. The van der Waals surface area contributed by atoms with Crippen molar-refractivity contribution in [1.82, 2.24) is 4.57 Å². The van der Waals surface area contributed by atoms with Crippen molar-refractivity contribution in [3.05, 3.63) is 94.8 Å². The highest BCUT2D eigenvalue weighted by molar-refractivity contribution is 6.11. The lowest BCUT2D eigenvalue weighted by molar-refractivity contribution is 0.0588. The number of hydrogen-bond donors (Lipinski definition) is 0. The normalized spacial score (nSPS) is 10.5. The number of esters is 1. The highest BCUT2D eigenvalue weighted by Crippen LogP contribution is 2.21. The minimum atomic E-state index is -0.453. The van der Waals surface area contributed by atoms with Gasteiger partial charge in [-0.2, -0.15) is 0 Å². The molecule has 4 heteroatoms. The van der Waals surface area contributed by atoms with Crippen LogP contribution in [0.1, 0.15) is 37.7 Å². The molecule has 0 N–H and O–H groups in total. The van der Waals surface area contributed by atoms with Gasteiger partial charge in [-0.25, -0.2) is 4.79 Å². The summed E-state index contributed by atoms with van der Waals surface area (Å²) in [6, 6.07) is 20.5. The lowest BCUT2D eigenvalue weighted by Gasteiger charge is -2.11. The molecule has 25 heavy (non-hydrogen) atoms. The van der Waals surface area contributed by atoms with E-state index in [0.29, 0.717) is 23.4 Å². The van der Waals surface area contributed by atoms with Gasteiger partial charge in [-0.3, -0.25) is 4.79 Å². The van der Waals surface area contributed by atoms with E-state index < -0.39 is 5.97 Å². The molecule has 0 aliphatic rings. The molecule has 0 fully saturated rings. The van der Waals surface area contributed by atoms with E-state index in [-0.39, 0.29) is 5.78 Å². The number of hydrogen-bond acceptors (Lipinski definition) is 3. The maximum Gasteiger partial charge on any atom is 0.354 e. The Bertz CT molecular complexity index is 896. The van der Waals surface area contributed by atoms with Crippen LogP contribution in [0.15, 0.2) is 66.7 Å². The number of ether oxygens (including phenoxy) is 1. The van der Waals surface area contributed by atoms with Crippen molar-refractivity contribution in [2.45, 2.75) is 13.5 Å². The predicted octanol–water partition coefficient (Wildman–Crippen LogP) is 3.86. The molecule has 0 aliphatic heterocycles.